The fraction of sp³-hybridized carbons (Fsp3) is 0.545. The molecular weight excluding hydrogens is 1450 g/mol. The summed E-state index contributed by atoms with van der Waals surface area (Å²) < 4.78 is 277. The van der Waals surface area contributed by atoms with Gasteiger partial charge in [0.15, 0.2) is 29.6 Å². The summed E-state index contributed by atoms with van der Waals surface area (Å²) in [6.07, 6.45) is -2.74. The molecular formula is C66H79F13N2O24. The number of hydrogen-bond acceptors (Lipinski definition) is 24. The molecule has 105 heavy (non-hydrogen) atoms. The molecule has 0 bridgehead atoms. The van der Waals surface area contributed by atoms with Crippen molar-refractivity contribution in [1.82, 2.24) is 10.6 Å². The Morgan fingerprint density at radius 2 is 0.590 bits per heavy atom. The van der Waals surface area contributed by atoms with E-state index in [0.717, 1.165) is 0 Å². The molecule has 0 fully saturated rings. The van der Waals surface area contributed by atoms with Crippen LogP contribution >= 0.6 is 0 Å². The minimum absolute atomic E-state index is 0.00888. The van der Waals surface area contributed by atoms with Crippen molar-refractivity contribution in [3.63, 3.8) is 0 Å². The molecule has 0 spiro atoms. The van der Waals surface area contributed by atoms with Crippen LogP contribution in [0.3, 0.4) is 0 Å². The standard InChI is InChI=1S/C66H79F13N2O24/c67-45-37-46(68)54(72)62(53(45)71)103-50(84)6-11-100-40-66(41-101-12-7-51(85)104-63-55(73)47(69)38-48(70)56(63)74,42-102-13-8-52(86)105-64-60(78)58(76)57(75)59(77)61(64)79)81-49(83)5-10-88-15-17-90-19-21-92-23-25-94-27-29-96-31-33-98-35-36-99-34-32-97-30-28-95-26-24-93-22-20-91-18-16-89-14-9-80-65(87)44-4-2-1-3-43(44)39-82/h1-4,37-39H,5-36,40-42H2,(H,80,87)(H,81,83). The van der Waals surface area contributed by atoms with Crippen LogP contribution < -0.4 is 24.8 Å². The molecule has 26 nitrogen and oxygen atoms in total. The van der Waals surface area contributed by atoms with E-state index in [0.29, 0.717) is 123 Å². The van der Waals surface area contributed by atoms with E-state index in [1.54, 1.807) is 24.3 Å². The number of esters is 3. The van der Waals surface area contributed by atoms with Gasteiger partial charge in [0.05, 0.1) is 217 Å². The van der Waals surface area contributed by atoms with Crippen LogP contribution in [0.25, 0.3) is 0 Å². The van der Waals surface area contributed by atoms with Crippen LogP contribution in [0.5, 0.6) is 17.2 Å². The second-order valence-corrected chi connectivity index (χ2v) is 21.2. The summed E-state index contributed by atoms with van der Waals surface area (Å²) in [5.74, 6) is -39.8. The number of nitrogens with one attached hydrogen (secondary N) is 2. The summed E-state index contributed by atoms with van der Waals surface area (Å²) in [6.45, 7) is 1.67. The SMILES string of the molecule is O=Cc1ccccc1C(=O)NCCOCCOCCOCCOCCOCCOCCOCCOCCOCCOCCOCCOCCC(=O)NC(COCCC(=O)Oc1c(F)c(F)cc(F)c1F)(COCCC(=O)Oc1c(F)c(F)cc(F)c1F)COCCC(=O)Oc1c(F)c(F)c(F)c(F)c1F. The first-order valence-electron chi connectivity index (χ1n) is 32.2. The van der Waals surface area contributed by atoms with Gasteiger partial charge in [0.25, 0.3) is 5.91 Å². The van der Waals surface area contributed by atoms with Crippen LogP contribution in [-0.2, 0) is 90.2 Å². The molecule has 0 radical (unpaired) electrons. The van der Waals surface area contributed by atoms with Gasteiger partial charge in [-0.25, -0.2) is 30.7 Å². The molecule has 0 unspecified atom stereocenters. The molecule has 2 N–H and O–H groups in total. The van der Waals surface area contributed by atoms with Crippen LogP contribution in [0.15, 0.2) is 36.4 Å². The Hall–Kier alpha value is -7.61. The van der Waals surface area contributed by atoms with E-state index in [-0.39, 0.29) is 77.4 Å². The van der Waals surface area contributed by atoms with Crippen LogP contribution in [-0.4, -0.2) is 246 Å². The first kappa shape index (κ1) is 89.8. The summed E-state index contributed by atoms with van der Waals surface area (Å²) in [7, 11) is 0. The molecule has 4 rings (SSSR count). The predicted molar refractivity (Wildman–Crippen MR) is 331 cm³/mol. The second kappa shape index (κ2) is 52.4. The molecule has 0 aromatic heterocycles. The minimum Gasteiger partial charge on any atom is -0.420 e. The highest BCUT2D eigenvalue weighted by Crippen LogP contribution is 2.31. The first-order valence-corrected chi connectivity index (χ1v) is 32.2. The largest absolute Gasteiger partial charge is 0.420 e. The molecule has 0 atom stereocenters. The third kappa shape index (κ3) is 35.1. The lowest BCUT2D eigenvalue weighted by Crippen LogP contribution is -2.59. The van der Waals surface area contributed by atoms with Crippen molar-refractivity contribution >= 4 is 36.0 Å². The number of rotatable bonds is 60. The Labute approximate surface area is 592 Å². The van der Waals surface area contributed by atoms with Gasteiger partial charge in [-0.3, -0.25) is 28.8 Å². The van der Waals surface area contributed by atoms with Crippen molar-refractivity contribution in [3.8, 4) is 17.2 Å². The van der Waals surface area contributed by atoms with E-state index in [2.05, 4.69) is 24.8 Å². The van der Waals surface area contributed by atoms with E-state index in [1.807, 2.05) is 0 Å². The van der Waals surface area contributed by atoms with Gasteiger partial charge in [0.1, 0.15) is 5.54 Å². The summed E-state index contributed by atoms with van der Waals surface area (Å²) in [6, 6.07) is 6.19. The molecule has 2 amide bonds. The lowest BCUT2D eigenvalue weighted by Gasteiger charge is -2.34. The zero-order chi connectivity index (χ0) is 76.6. The highest BCUT2D eigenvalue weighted by molar-refractivity contribution is 6.01. The van der Waals surface area contributed by atoms with Crippen LogP contribution in [0.4, 0.5) is 57.1 Å². The van der Waals surface area contributed by atoms with Crippen molar-refractivity contribution in [2.75, 3.05) is 205 Å². The Kier molecular flexibility index (Phi) is 44.8. The van der Waals surface area contributed by atoms with Crippen LogP contribution in [0, 0.1) is 75.6 Å². The van der Waals surface area contributed by atoms with Crippen LogP contribution in [0.2, 0.25) is 0 Å². The maximum absolute atomic E-state index is 14.2. The van der Waals surface area contributed by atoms with E-state index in [9.17, 15) is 85.8 Å². The van der Waals surface area contributed by atoms with Crippen molar-refractivity contribution in [1.29, 1.82) is 0 Å². The van der Waals surface area contributed by atoms with Gasteiger partial charge < -0.3 is 95.9 Å². The third-order valence-corrected chi connectivity index (χ3v) is 13.3. The highest BCUT2D eigenvalue weighted by atomic mass is 19.2. The molecule has 0 aliphatic carbocycles. The maximum atomic E-state index is 14.2. The fourth-order valence-corrected chi connectivity index (χ4v) is 8.14. The number of benzene rings is 4. The van der Waals surface area contributed by atoms with Gasteiger partial charge in [-0.15, -0.1) is 0 Å². The number of aldehydes is 1. The van der Waals surface area contributed by atoms with Gasteiger partial charge >= 0.3 is 17.9 Å². The van der Waals surface area contributed by atoms with E-state index < -0.39 is 188 Å². The number of ether oxygens (including phenoxy) is 18. The average molecular weight is 1530 g/mol. The van der Waals surface area contributed by atoms with Gasteiger partial charge in [-0.05, 0) is 6.07 Å². The number of carbonyl (C=O) groups is 6. The zero-order valence-electron chi connectivity index (χ0n) is 56.5. The number of amides is 2. The first-order chi connectivity index (χ1) is 50.6. The highest BCUT2D eigenvalue weighted by Gasteiger charge is 2.35. The van der Waals surface area contributed by atoms with E-state index in [1.165, 1.54) is 0 Å². The van der Waals surface area contributed by atoms with E-state index >= 15 is 0 Å². The van der Waals surface area contributed by atoms with Crippen molar-refractivity contribution < 1.29 is 171 Å². The smallest absolute Gasteiger partial charge is 0.313 e. The normalized spacial score (nSPS) is 11.5. The Morgan fingerprint density at radius 3 is 0.905 bits per heavy atom. The Bertz CT molecular complexity index is 3130. The monoisotopic (exact) mass is 1530 g/mol. The maximum Gasteiger partial charge on any atom is 0.313 e. The predicted octanol–water partition coefficient (Wildman–Crippen LogP) is 6.52. The molecule has 39 heteroatoms. The molecule has 4 aromatic rings. The third-order valence-electron chi connectivity index (χ3n) is 13.3. The van der Waals surface area contributed by atoms with Gasteiger partial charge in [-0.2, -0.15) is 26.3 Å². The molecule has 0 aliphatic heterocycles. The van der Waals surface area contributed by atoms with Crippen LogP contribution in [0.1, 0.15) is 46.4 Å². The summed E-state index contributed by atoms with van der Waals surface area (Å²) >= 11 is 0. The van der Waals surface area contributed by atoms with Crippen molar-refractivity contribution in [2.45, 2.75) is 31.2 Å². The molecule has 4 aromatic carbocycles. The molecule has 588 valence electrons. The number of hydrogen-bond donors (Lipinski definition) is 2. The number of halogens is 13. The lowest BCUT2D eigenvalue weighted by molar-refractivity contribution is -0.138. The molecule has 0 aliphatic rings. The van der Waals surface area contributed by atoms with Gasteiger partial charge in [0.2, 0.25) is 75.5 Å². The fourth-order valence-electron chi connectivity index (χ4n) is 8.14. The molecule has 0 saturated heterocycles. The Morgan fingerprint density at radius 1 is 0.324 bits per heavy atom. The lowest BCUT2D eigenvalue weighted by atomic mass is 10.0. The summed E-state index contributed by atoms with van der Waals surface area (Å²) in [4.78, 5) is 74.3. The molecule has 0 saturated carbocycles. The van der Waals surface area contributed by atoms with Crippen molar-refractivity contribution in [3.05, 3.63) is 123 Å². The Balaban J connectivity index is 1.06. The topological polar surface area (TPSA) is 293 Å². The zero-order valence-corrected chi connectivity index (χ0v) is 56.5. The quantitative estimate of drug-likeness (QED) is 0.00904. The van der Waals surface area contributed by atoms with E-state index in [4.69, 9.17) is 71.1 Å². The van der Waals surface area contributed by atoms with Gasteiger partial charge in [-0.1, -0.05) is 18.2 Å². The summed E-state index contributed by atoms with van der Waals surface area (Å²) in [5, 5.41) is 5.17. The van der Waals surface area contributed by atoms with Crippen molar-refractivity contribution in [2.24, 2.45) is 0 Å². The average Bonchev–Trinajstić information content (AvgIpc) is 0.803. The summed E-state index contributed by atoms with van der Waals surface area (Å²) in [5.41, 5.74) is -1.46. The number of carbonyl (C=O) groups excluding carboxylic acids is 6. The molecule has 0 heterocycles. The minimum atomic E-state index is -2.56. The van der Waals surface area contributed by atoms with Gasteiger partial charge in [0, 0.05) is 36.2 Å². The second-order valence-electron chi connectivity index (χ2n) is 21.2.